The van der Waals surface area contributed by atoms with Crippen LogP contribution in [0.5, 0.6) is 0 Å². The van der Waals surface area contributed by atoms with Crippen LogP contribution >= 0.6 is 0 Å². The molecule has 2 saturated heterocycles. The first kappa shape index (κ1) is 14.9. The number of rotatable bonds is 5. The minimum absolute atomic E-state index is 0.165. The normalized spacial score (nSPS) is 29.8. The third-order valence-corrected chi connectivity index (χ3v) is 5.55. The molecule has 2 fully saturated rings. The largest absolute Gasteiger partial charge is 0.329 e. The fourth-order valence-electron chi connectivity index (χ4n) is 4.40. The second-order valence-electron chi connectivity index (χ2n) is 6.47. The summed E-state index contributed by atoms with van der Waals surface area (Å²) in [5.41, 5.74) is 7.83. The highest BCUT2D eigenvalue weighted by molar-refractivity contribution is 5.14. The Morgan fingerprint density at radius 2 is 2.14 bits per heavy atom. The Bertz CT molecular complexity index is 449. The molecule has 0 aromatic carbocycles. The minimum atomic E-state index is 0.165. The van der Waals surface area contributed by atoms with E-state index in [-0.39, 0.29) is 5.54 Å². The Morgan fingerprint density at radius 1 is 1.33 bits per heavy atom. The predicted molar refractivity (Wildman–Crippen MR) is 85.9 cm³/mol. The number of aromatic nitrogens is 1. The molecule has 2 unspecified atom stereocenters. The Labute approximate surface area is 128 Å². The lowest BCUT2D eigenvalue weighted by molar-refractivity contribution is 0.0352. The van der Waals surface area contributed by atoms with Crippen molar-refractivity contribution in [2.45, 2.75) is 50.7 Å². The van der Waals surface area contributed by atoms with Crippen LogP contribution in [0.25, 0.3) is 0 Å². The summed E-state index contributed by atoms with van der Waals surface area (Å²) in [5.74, 6) is 0. The standard InChI is InChI=1S/C17H28N4/c1-2-21(13-15-6-9-19-10-7-15)17(14-18)8-12-20-11-4-3-5-16(17)20/h6-7,9-10,16H,2-5,8,11-14,18H2,1H3. The maximum absolute atomic E-state index is 6.33. The first-order chi connectivity index (χ1) is 10.3. The lowest BCUT2D eigenvalue weighted by atomic mass is 9.83. The lowest BCUT2D eigenvalue weighted by Gasteiger charge is -2.47. The first-order valence-corrected chi connectivity index (χ1v) is 8.38. The summed E-state index contributed by atoms with van der Waals surface area (Å²) in [6.07, 6.45) is 9.01. The summed E-state index contributed by atoms with van der Waals surface area (Å²) in [6, 6.07) is 4.90. The highest BCUT2D eigenvalue weighted by Gasteiger charge is 2.50. The Kier molecular flexibility index (Phi) is 4.57. The summed E-state index contributed by atoms with van der Waals surface area (Å²) >= 11 is 0. The topological polar surface area (TPSA) is 45.4 Å². The molecule has 1 aromatic heterocycles. The van der Waals surface area contributed by atoms with Gasteiger partial charge >= 0.3 is 0 Å². The van der Waals surface area contributed by atoms with Gasteiger partial charge in [0, 0.05) is 38.1 Å². The molecule has 4 heteroatoms. The highest BCUT2D eigenvalue weighted by atomic mass is 15.3. The van der Waals surface area contributed by atoms with Crippen LogP contribution < -0.4 is 5.73 Å². The number of hydrogen-bond acceptors (Lipinski definition) is 4. The van der Waals surface area contributed by atoms with Gasteiger partial charge in [0.2, 0.25) is 0 Å². The molecule has 2 aliphatic rings. The third kappa shape index (κ3) is 2.72. The summed E-state index contributed by atoms with van der Waals surface area (Å²) in [7, 11) is 0. The molecule has 4 nitrogen and oxygen atoms in total. The van der Waals surface area contributed by atoms with Crippen molar-refractivity contribution in [2.24, 2.45) is 5.73 Å². The van der Waals surface area contributed by atoms with Crippen LogP contribution in [-0.2, 0) is 6.54 Å². The fourth-order valence-corrected chi connectivity index (χ4v) is 4.40. The van der Waals surface area contributed by atoms with Gasteiger partial charge in [0.1, 0.15) is 0 Å². The smallest absolute Gasteiger partial charge is 0.0502 e. The molecule has 0 amide bonds. The second kappa shape index (κ2) is 6.42. The third-order valence-electron chi connectivity index (χ3n) is 5.55. The maximum Gasteiger partial charge on any atom is 0.0502 e. The molecule has 0 bridgehead atoms. The molecule has 2 atom stereocenters. The van der Waals surface area contributed by atoms with E-state index in [0.29, 0.717) is 6.04 Å². The number of piperidine rings is 1. The SMILES string of the molecule is CCN(Cc1ccncc1)C1(CN)CCN2CCCCC21. The number of nitrogens with zero attached hydrogens (tertiary/aromatic N) is 3. The monoisotopic (exact) mass is 288 g/mol. The van der Waals surface area contributed by atoms with Crippen LogP contribution in [0.2, 0.25) is 0 Å². The zero-order valence-corrected chi connectivity index (χ0v) is 13.2. The maximum atomic E-state index is 6.33. The Morgan fingerprint density at radius 3 is 2.86 bits per heavy atom. The van der Waals surface area contributed by atoms with Crippen LogP contribution in [-0.4, -0.2) is 52.5 Å². The van der Waals surface area contributed by atoms with Crippen LogP contribution in [0.3, 0.4) is 0 Å². The number of hydrogen-bond donors (Lipinski definition) is 1. The van der Waals surface area contributed by atoms with E-state index >= 15 is 0 Å². The molecule has 3 rings (SSSR count). The van der Waals surface area contributed by atoms with Gasteiger partial charge in [0.15, 0.2) is 0 Å². The summed E-state index contributed by atoms with van der Waals surface area (Å²) < 4.78 is 0. The van der Waals surface area contributed by atoms with Gasteiger partial charge in [-0.15, -0.1) is 0 Å². The number of fused-ring (bicyclic) bond motifs is 1. The number of nitrogens with two attached hydrogens (primary N) is 1. The van der Waals surface area contributed by atoms with E-state index in [4.69, 9.17) is 5.73 Å². The lowest BCUT2D eigenvalue weighted by Crippen LogP contribution is -2.61. The number of likely N-dealkylation sites (N-methyl/N-ethyl adjacent to an activating group) is 1. The van der Waals surface area contributed by atoms with E-state index < -0.39 is 0 Å². The van der Waals surface area contributed by atoms with Crippen LogP contribution in [0, 0.1) is 0 Å². The minimum Gasteiger partial charge on any atom is -0.329 e. The molecular weight excluding hydrogens is 260 g/mol. The molecule has 0 saturated carbocycles. The van der Waals surface area contributed by atoms with E-state index in [2.05, 4.69) is 33.8 Å². The van der Waals surface area contributed by atoms with Crippen molar-refractivity contribution in [2.75, 3.05) is 26.2 Å². The van der Waals surface area contributed by atoms with Crippen molar-refractivity contribution in [3.8, 4) is 0 Å². The van der Waals surface area contributed by atoms with Gasteiger partial charge < -0.3 is 5.73 Å². The van der Waals surface area contributed by atoms with Gasteiger partial charge in [0.25, 0.3) is 0 Å². The average molecular weight is 288 g/mol. The van der Waals surface area contributed by atoms with Crippen molar-refractivity contribution in [1.82, 2.24) is 14.8 Å². The summed E-state index contributed by atoms with van der Waals surface area (Å²) in [6.45, 7) is 7.57. The van der Waals surface area contributed by atoms with E-state index in [1.165, 1.54) is 44.3 Å². The zero-order valence-electron chi connectivity index (χ0n) is 13.2. The van der Waals surface area contributed by atoms with Gasteiger partial charge in [-0.05, 0) is 50.0 Å². The van der Waals surface area contributed by atoms with E-state index in [1.807, 2.05) is 12.4 Å². The molecule has 3 heterocycles. The fraction of sp³-hybridized carbons (Fsp3) is 0.706. The zero-order chi connectivity index (χ0) is 14.7. The summed E-state index contributed by atoms with van der Waals surface area (Å²) in [4.78, 5) is 9.44. The number of pyridine rings is 1. The molecule has 2 aliphatic heterocycles. The van der Waals surface area contributed by atoms with Crippen molar-refractivity contribution in [1.29, 1.82) is 0 Å². The van der Waals surface area contributed by atoms with E-state index in [1.54, 1.807) is 0 Å². The van der Waals surface area contributed by atoms with Crippen molar-refractivity contribution >= 4 is 0 Å². The molecule has 0 spiro atoms. The Balaban J connectivity index is 1.82. The molecule has 21 heavy (non-hydrogen) atoms. The van der Waals surface area contributed by atoms with Crippen LogP contribution in [0.15, 0.2) is 24.5 Å². The van der Waals surface area contributed by atoms with Gasteiger partial charge in [-0.25, -0.2) is 0 Å². The predicted octanol–water partition coefficient (Wildman–Crippen LogP) is 1.86. The molecule has 116 valence electrons. The quantitative estimate of drug-likeness (QED) is 0.898. The second-order valence-corrected chi connectivity index (χ2v) is 6.47. The van der Waals surface area contributed by atoms with E-state index in [9.17, 15) is 0 Å². The Hall–Kier alpha value is -0.970. The van der Waals surface area contributed by atoms with Crippen LogP contribution in [0.1, 0.15) is 38.2 Å². The van der Waals surface area contributed by atoms with Crippen LogP contribution in [0.4, 0.5) is 0 Å². The van der Waals surface area contributed by atoms with Crippen molar-refractivity contribution in [3.05, 3.63) is 30.1 Å². The molecule has 0 aliphatic carbocycles. The molecule has 0 radical (unpaired) electrons. The van der Waals surface area contributed by atoms with Gasteiger partial charge in [-0.1, -0.05) is 13.3 Å². The molecule has 1 aromatic rings. The van der Waals surface area contributed by atoms with Crippen molar-refractivity contribution < 1.29 is 0 Å². The first-order valence-electron chi connectivity index (χ1n) is 8.38. The van der Waals surface area contributed by atoms with Crippen molar-refractivity contribution in [3.63, 3.8) is 0 Å². The van der Waals surface area contributed by atoms with Gasteiger partial charge in [-0.3, -0.25) is 14.8 Å². The molecular formula is C17H28N4. The highest BCUT2D eigenvalue weighted by Crippen LogP contribution is 2.39. The van der Waals surface area contributed by atoms with E-state index in [0.717, 1.165) is 19.6 Å². The van der Waals surface area contributed by atoms with Gasteiger partial charge in [-0.2, -0.15) is 0 Å². The average Bonchev–Trinajstić information content (AvgIpc) is 2.93. The summed E-state index contributed by atoms with van der Waals surface area (Å²) in [5, 5.41) is 0. The van der Waals surface area contributed by atoms with Gasteiger partial charge in [0.05, 0.1) is 5.54 Å². The molecule has 2 N–H and O–H groups in total.